The van der Waals surface area contributed by atoms with Crippen molar-refractivity contribution in [1.29, 1.82) is 0 Å². The first-order valence-electron chi connectivity index (χ1n) is 7.96. The number of thiophene rings is 1. The lowest BCUT2D eigenvalue weighted by molar-refractivity contribution is 0.0454. The number of carbonyl (C=O) groups is 1. The van der Waals surface area contributed by atoms with Crippen LogP contribution in [0.3, 0.4) is 0 Å². The molecule has 3 rings (SSSR count). The third kappa shape index (κ3) is 4.04. The fourth-order valence-electron chi connectivity index (χ4n) is 2.63. The molecule has 7 heteroatoms. The molecule has 1 atom stereocenters. The summed E-state index contributed by atoms with van der Waals surface area (Å²) in [4.78, 5) is 19.8. The molecule has 2 N–H and O–H groups in total. The Hall–Kier alpha value is -2.12. The molecule has 1 aliphatic heterocycles. The molecule has 6 nitrogen and oxygen atoms in total. The van der Waals surface area contributed by atoms with Crippen molar-refractivity contribution >= 4 is 23.2 Å². The number of aromatic nitrogens is 1. The number of rotatable bonds is 5. The Labute approximate surface area is 145 Å². The lowest BCUT2D eigenvalue weighted by Gasteiger charge is -2.23. The molecule has 0 aliphatic carbocycles. The molecule has 2 amide bonds. The van der Waals surface area contributed by atoms with E-state index in [-0.39, 0.29) is 12.1 Å². The first-order chi connectivity index (χ1) is 11.6. The zero-order valence-corrected chi connectivity index (χ0v) is 14.7. The summed E-state index contributed by atoms with van der Waals surface area (Å²) in [5, 5.41) is 7.80. The first kappa shape index (κ1) is 16.7. The molecule has 3 heterocycles. The van der Waals surface area contributed by atoms with Crippen LogP contribution in [-0.4, -0.2) is 38.3 Å². The molecule has 1 aliphatic rings. The Morgan fingerprint density at radius 2 is 2.25 bits per heavy atom. The van der Waals surface area contributed by atoms with Crippen molar-refractivity contribution < 1.29 is 9.53 Å². The average molecular weight is 346 g/mol. The first-order valence-corrected chi connectivity index (χ1v) is 8.84. The fourth-order valence-corrected chi connectivity index (χ4v) is 3.54. The molecule has 2 aromatic heterocycles. The molecule has 0 radical (unpaired) electrons. The van der Waals surface area contributed by atoms with Gasteiger partial charge in [0, 0.05) is 31.9 Å². The Balaban J connectivity index is 1.48. The number of hydrogen-bond donors (Lipinski definition) is 2. The highest BCUT2D eigenvalue weighted by Crippen LogP contribution is 2.30. The van der Waals surface area contributed by atoms with E-state index in [2.05, 4.69) is 27.1 Å². The van der Waals surface area contributed by atoms with E-state index in [0.29, 0.717) is 19.7 Å². The third-order valence-corrected chi connectivity index (χ3v) is 4.90. The molecule has 0 bridgehead atoms. The van der Waals surface area contributed by atoms with Crippen molar-refractivity contribution in [3.63, 3.8) is 0 Å². The standard InChI is InChI=1S/C17H22N4O2S/c1-21(2)16-5-3-4-12(20-16)10-18-17(22)19-11-14-13-7-9-24-15(13)6-8-23-14/h3-5,7,9,14H,6,8,10-11H2,1-2H3,(H2,18,19,22)/t14-/m0/s1. The molecule has 0 unspecified atom stereocenters. The minimum Gasteiger partial charge on any atom is -0.371 e. The van der Waals surface area contributed by atoms with Crippen molar-refractivity contribution in [3.05, 3.63) is 45.8 Å². The normalized spacial score (nSPS) is 16.3. The van der Waals surface area contributed by atoms with Gasteiger partial charge < -0.3 is 20.3 Å². The Kier molecular flexibility index (Phi) is 5.32. The molecule has 0 saturated heterocycles. The number of amides is 2. The molecular weight excluding hydrogens is 324 g/mol. The van der Waals surface area contributed by atoms with Gasteiger partial charge in [-0.3, -0.25) is 0 Å². The number of ether oxygens (including phenoxy) is 1. The molecule has 2 aromatic rings. The van der Waals surface area contributed by atoms with Gasteiger partial charge >= 0.3 is 6.03 Å². The van der Waals surface area contributed by atoms with Crippen LogP contribution in [0, 0.1) is 0 Å². The summed E-state index contributed by atoms with van der Waals surface area (Å²) in [7, 11) is 3.88. The van der Waals surface area contributed by atoms with Gasteiger partial charge in [-0.2, -0.15) is 0 Å². The van der Waals surface area contributed by atoms with Crippen LogP contribution in [0.25, 0.3) is 0 Å². The average Bonchev–Trinajstić information content (AvgIpc) is 3.07. The molecule has 24 heavy (non-hydrogen) atoms. The van der Waals surface area contributed by atoms with Gasteiger partial charge in [0.15, 0.2) is 0 Å². The molecular formula is C17H22N4O2S. The highest BCUT2D eigenvalue weighted by molar-refractivity contribution is 7.10. The van der Waals surface area contributed by atoms with E-state index in [1.54, 1.807) is 11.3 Å². The lowest BCUT2D eigenvalue weighted by Crippen LogP contribution is -2.38. The Morgan fingerprint density at radius 1 is 1.38 bits per heavy atom. The van der Waals surface area contributed by atoms with Crippen LogP contribution in [0.1, 0.15) is 22.2 Å². The molecule has 128 valence electrons. The molecule has 0 spiro atoms. The topological polar surface area (TPSA) is 66.5 Å². The van der Waals surface area contributed by atoms with Crippen molar-refractivity contribution in [2.45, 2.75) is 19.1 Å². The largest absolute Gasteiger partial charge is 0.371 e. The van der Waals surface area contributed by atoms with Gasteiger partial charge in [-0.05, 0) is 29.1 Å². The van der Waals surface area contributed by atoms with Crippen LogP contribution >= 0.6 is 11.3 Å². The van der Waals surface area contributed by atoms with Crippen LogP contribution in [0.5, 0.6) is 0 Å². The van der Waals surface area contributed by atoms with Crippen LogP contribution in [0.4, 0.5) is 10.6 Å². The summed E-state index contributed by atoms with van der Waals surface area (Å²) in [5.74, 6) is 0.871. The van der Waals surface area contributed by atoms with Crippen LogP contribution in [-0.2, 0) is 17.7 Å². The zero-order chi connectivity index (χ0) is 16.9. The summed E-state index contributed by atoms with van der Waals surface area (Å²) in [6.07, 6.45) is 0.907. The van der Waals surface area contributed by atoms with Gasteiger partial charge in [0.2, 0.25) is 0 Å². The number of fused-ring (bicyclic) bond motifs is 1. The van der Waals surface area contributed by atoms with Gasteiger partial charge in [0.25, 0.3) is 0 Å². The predicted octanol–water partition coefficient (Wildman–Crippen LogP) is 2.32. The SMILES string of the molecule is CN(C)c1cccc(CNC(=O)NC[C@@H]2OCCc3sccc32)n1. The van der Waals surface area contributed by atoms with E-state index in [1.807, 2.05) is 37.2 Å². The molecule has 0 aromatic carbocycles. The lowest BCUT2D eigenvalue weighted by atomic mass is 10.1. The number of pyridine rings is 1. The van der Waals surface area contributed by atoms with Gasteiger partial charge in [0.1, 0.15) is 11.9 Å². The highest BCUT2D eigenvalue weighted by atomic mass is 32.1. The van der Waals surface area contributed by atoms with E-state index in [0.717, 1.165) is 17.9 Å². The Morgan fingerprint density at radius 3 is 3.08 bits per heavy atom. The minimum absolute atomic E-state index is 0.0547. The zero-order valence-electron chi connectivity index (χ0n) is 13.9. The van der Waals surface area contributed by atoms with Crippen molar-refractivity contribution in [3.8, 4) is 0 Å². The maximum absolute atomic E-state index is 12.0. The van der Waals surface area contributed by atoms with Crippen molar-refractivity contribution in [1.82, 2.24) is 15.6 Å². The monoisotopic (exact) mass is 346 g/mol. The number of nitrogens with zero attached hydrogens (tertiary/aromatic N) is 2. The van der Waals surface area contributed by atoms with Crippen LogP contribution in [0.15, 0.2) is 29.6 Å². The number of nitrogens with one attached hydrogen (secondary N) is 2. The second kappa shape index (κ2) is 7.63. The quantitative estimate of drug-likeness (QED) is 0.872. The van der Waals surface area contributed by atoms with E-state index in [9.17, 15) is 4.79 Å². The van der Waals surface area contributed by atoms with Crippen molar-refractivity contribution in [2.75, 3.05) is 32.1 Å². The number of hydrogen-bond acceptors (Lipinski definition) is 5. The summed E-state index contributed by atoms with van der Waals surface area (Å²) in [5.41, 5.74) is 2.03. The van der Waals surface area contributed by atoms with E-state index in [1.165, 1.54) is 10.4 Å². The highest BCUT2D eigenvalue weighted by Gasteiger charge is 2.22. The summed E-state index contributed by atoms with van der Waals surface area (Å²) < 4.78 is 5.76. The fraction of sp³-hybridized carbons (Fsp3) is 0.412. The number of urea groups is 1. The van der Waals surface area contributed by atoms with Crippen LogP contribution < -0.4 is 15.5 Å². The minimum atomic E-state index is -0.210. The van der Waals surface area contributed by atoms with Gasteiger partial charge in [-0.1, -0.05) is 6.07 Å². The summed E-state index contributed by atoms with van der Waals surface area (Å²) >= 11 is 1.75. The van der Waals surface area contributed by atoms with Gasteiger partial charge in [-0.15, -0.1) is 11.3 Å². The second-order valence-electron chi connectivity index (χ2n) is 5.85. The van der Waals surface area contributed by atoms with Crippen LogP contribution in [0.2, 0.25) is 0 Å². The molecule has 0 saturated carbocycles. The van der Waals surface area contributed by atoms with Gasteiger partial charge in [-0.25, -0.2) is 9.78 Å². The van der Waals surface area contributed by atoms with E-state index in [4.69, 9.17) is 4.74 Å². The smallest absolute Gasteiger partial charge is 0.315 e. The second-order valence-corrected chi connectivity index (χ2v) is 6.85. The summed E-state index contributed by atoms with van der Waals surface area (Å²) in [6, 6.07) is 7.64. The van der Waals surface area contributed by atoms with Gasteiger partial charge in [0.05, 0.1) is 18.8 Å². The van der Waals surface area contributed by atoms with E-state index < -0.39 is 0 Å². The van der Waals surface area contributed by atoms with Crippen molar-refractivity contribution in [2.24, 2.45) is 0 Å². The third-order valence-electron chi connectivity index (χ3n) is 3.90. The Bertz CT molecular complexity index is 701. The predicted molar refractivity (Wildman–Crippen MR) is 95.5 cm³/mol. The maximum Gasteiger partial charge on any atom is 0.315 e. The van der Waals surface area contributed by atoms with E-state index >= 15 is 0 Å². The number of carbonyl (C=O) groups excluding carboxylic acids is 1. The number of anilines is 1. The molecule has 0 fully saturated rings. The maximum atomic E-state index is 12.0. The summed E-state index contributed by atoms with van der Waals surface area (Å²) in [6.45, 7) is 1.58.